The number of thiophene rings is 3. The van der Waals surface area contributed by atoms with Crippen LogP contribution in [0.4, 0.5) is 32.6 Å². The fraction of sp³-hybridized carbons (Fsp3) is 0.0426. The van der Waals surface area contributed by atoms with Crippen LogP contribution in [0.15, 0.2) is 185 Å². The molecule has 0 saturated heterocycles. The molecule has 10 rings (SSSR count). The van der Waals surface area contributed by atoms with Crippen LogP contribution in [-0.2, 0) is 42.8 Å². The van der Waals surface area contributed by atoms with Crippen molar-refractivity contribution < 1.29 is 42.8 Å². The van der Waals surface area contributed by atoms with Crippen LogP contribution >= 0.6 is 57.2 Å². The first-order chi connectivity index (χ1) is 33.8. The number of hydrogen-bond acceptors (Lipinski definition) is 12. The number of alkyl halides is 3. The highest BCUT2D eigenvalue weighted by atomic mass is 35.5. The second-order valence-corrected chi connectivity index (χ2v) is 23.7. The summed E-state index contributed by atoms with van der Waals surface area (Å²) in [6, 6.07) is 38.6. The lowest BCUT2D eigenvalue weighted by atomic mass is 10.1. The molecule has 4 aromatic carbocycles. The van der Waals surface area contributed by atoms with Crippen LogP contribution in [0.5, 0.6) is 0 Å². The maximum absolute atomic E-state index is 13.7. The van der Waals surface area contributed by atoms with Crippen molar-refractivity contribution >= 4 is 133 Å². The molecule has 0 spiro atoms. The number of hydrogen-bond donors (Lipinski definition) is 2. The molecule has 0 unspecified atom stereocenters. The van der Waals surface area contributed by atoms with E-state index in [2.05, 4.69) is 24.4 Å². The Morgan fingerprint density at radius 3 is 1.59 bits per heavy atom. The Labute approximate surface area is 426 Å². The van der Waals surface area contributed by atoms with Crippen LogP contribution in [-0.4, -0.2) is 40.2 Å². The van der Waals surface area contributed by atoms with Crippen molar-refractivity contribution in [3.8, 4) is 0 Å². The van der Waals surface area contributed by atoms with E-state index in [9.17, 15) is 42.8 Å². The summed E-state index contributed by atoms with van der Waals surface area (Å²) in [6.45, 7) is -0.493. The van der Waals surface area contributed by atoms with Gasteiger partial charge in [-0.3, -0.25) is 13.7 Å². The van der Waals surface area contributed by atoms with E-state index in [0.29, 0.717) is 42.2 Å². The van der Waals surface area contributed by atoms with Gasteiger partial charge in [0.25, 0.3) is 30.1 Å². The van der Waals surface area contributed by atoms with Gasteiger partial charge in [0.1, 0.15) is 35.3 Å². The number of benzene rings is 4. The van der Waals surface area contributed by atoms with Gasteiger partial charge in [0.15, 0.2) is 0 Å². The van der Waals surface area contributed by atoms with Gasteiger partial charge in [0, 0.05) is 34.7 Å². The van der Waals surface area contributed by atoms with Crippen LogP contribution in [0.25, 0.3) is 30.6 Å². The van der Waals surface area contributed by atoms with Crippen molar-refractivity contribution in [3.63, 3.8) is 0 Å². The van der Waals surface area contributed by atoms with E-state index in [1.165, 1.54) is 65.3 Å². The average molecular weight is 1120 g/mol. The van der Waals surface area contributed by atoms with Gasteiger partial charge in [0.05, 0.1) is 36.8 Å². The van der Waals surface area contributed by atoms with Crippen molar-refractivity contribution in [1.29, 1.82) is 0 Å². The number of halogens is 6. The van der Waals surface area contributed by atoms with Crippen molar-refractivity contribution in [2.75, 3.05) is 13.7 Å². The van der Waals surface area contributed by atoms with Crippen molar-refractivity contribution in [3.05, 3.63) is 197 Å². The van der Waals surface area contributed by atoms with Gasteiger partial charge in [-0.1, -0.05) is 124 Å². The molecule has 10 aromatic rings. The molecule has 24 heteroatoms. The molecule has 0 atom stereocenters. The monoisotopic (exact) mass is 1110 g/mol. The summed E-state index contributed by atoms with van der Waals surface area (Å²) in [5.74, 6) is -1.44. The molecule has 0 aliphatic rings. The number of nitrogens with one attached hydrogen (secondary N) is 2. The van der Waals surface area contributed by atoms with Crippen LogP contribution < -0.4 is 13.7 Å². The zero-order valence-corrected chi connectivity index (χ0v) is 42.2. The molecule has 0 fully saturated rings. The van der Waals surface area contributed by atoms with Crippen molar-refractivity contribution in [2.24, 2.45) is 0 Å². The minimum atomic E-state index is -4.93. The van der Waals surface area contributed by atoms with Crippen LogP contribution in [0.1, 0.15) is 11.1 Å². The lowest BCUT2D eigenvalue weighted by Gasteiger charge is -2.24. The number of anilines is 3. The standard InChI is InChI=1S/C21H13ClF4N2O2S2.C13H9ClN2O2S2.C13H10N2O2S2/c22-18-15-7-4-10-27-19(15)31-20(18)28(32(29,30)14-5-2-1-3-6-14)12-13-8-9-17(23)16(11-13)21(24,25)26;14-11-10-7-4-8-15-12(10)19-13(11)16-20(17,18)9-5-2-1-3-6-9;16-19(17,11-6-2-1-3-7-11)15-12-9-10-5-4-8-14-13(10)18-12/h1-11H,12H2;1-8,16H;1-9,15H. The van der Waals surface area contributed by atoms with Gasteiger partial charge in [0.2, 0.25) is 0 Å². The molecule has 0 bridgehead atoms. The Bertz CT molecular complexity index is 3820. The van der Waals surface area contributed by atoms with E-state index in [-0.39, 0.29) is 30.3 Å². The van der Waals surface area contributed by atoms with Gasteiger partial charge in [-0.2, -0.15) is 13.2 Å². The Morgan fingerprint density at radius 2 is 1.06 bits per heavy atom. The zero-order valence-electron chi connectivity index (χ0n) is 35.8. The summed E-state index contributed by atoms with van der Waals surface area (Å²) in [7, 11) is -11.4. The first-order valence-corrected chi connectivity index (χ1v) is 27.9. The minimum absolute atomic E-state index is 0.0558. The highest BCUT2D eigenvalue weighted by Crippen LogP contribution is 2.44. The molecular formula is C47H32Cl2F4N6O6S6. The van der Waals surface area contributed by atoms with Crippen LogP contribution in [0.3, 0.4) is 0 Å². The van der Waals surface area contributed by atoms with E-state index in [4.69, 9.17) is 23.2 Å². The van der Waals surface area contributed by atoms with Crippen molar-refractivity contribution in [2.45, 2.75) is 27.4 Å². The van der Waals surface area contributed by atoms with E-state index in [0.717, 1.165) is 37.3 Å². The summed E-state index contributed by atoms with van der Waals surface area (Å²) in [6.07, 6.45) is -0.0775. The summed E-state index contributed by atoms with van der Waals surface area (Å²) >= 11 is 16.2. The molecule has 0 amide bonds. The number of pyridine rings is 3. The number of fused-ring (bicyclic) bond motifs is 3. The predicted molar refractivity (Wildman–Crippen MR) is 275 cm³/mol. The Balaban J connectivity index is 0.000000150. The zero-order chi connectivity index (χ0) is 50.6. The second kappa shape index (κ2) is 21.2. The average Bonchev–Trinajstić information content (AvgIpc) is 4.03. The molecule has 71 heavy (non-hydrogen) atoms. The quantitative estimate of drug-likeness (QED) is 0.120. The molecule has 364 valence electrons. The fourth-order valence-electron chi connectivity index (χ4n) is 6.55. The molecule has 0 radical (unpaired) electrons. The highest BCUT2D eigenvalue weighted by Gasteiger charge is 2.35. The SMILES string of the molecule is O=S(=O)(Nc1cc2cccnc2s1)c1ccccc1.O=S(=O)(Nc1sc2ncccc2c1Cl)c1ccccc1.O=S(=O)(c1ccccc1)N(Cc1ccc(F)c(C(F)(F)F)c1)c1sc2ncccc2c1Cl. The summed E-state index contributed by atoms with van der Waals surface area (Å²) in [4.78, 5) is 14.9. The Morgan fingerprint density at radius 1 is 0.549 bits per heavy atom. The second-order valence-electron chi connectivity index (χ2n) is 14.7. The fourth-order valence-corrected chi connectivity index (χ4v) is 14.7. The van der Waals surface area contributed by atoms with Gasteiger partial charge < -0.3 is 0 Å². The molecule has 0 aliphatic carbocycles. The maximum atomic E-state index is 13.7. The number of sulfonamides is 3. The van der Waals surface area contributed by atoms with Crippen LogP contribution in [0, 0.1) is 5.82 Å². The van der Waals surface area contributed by atoms with Crippen molar-refractivity contribution in [1.82, 2.24) is 15.0 Å². The molecule has 12 nitrogen and oxygen atoms in total. The first-order valence-electron chi connectivity index (χ1n) is 20.3. The molecule has 6 heterocycles. The molecule has 6 aromatic heterocycles. The van der Waals surface area contributed by atoms with Gasteiger partial charge in [-0.15, -0.1) is 0 Å². The molecule has 0 saturated carbocycles. The Hall–Kier alpha value is -6.24. The first kappa shape index (κ1) is 51.1. The third kappa shape index (κ3) is 11.8. The number of aromatic nitrogens is 3. The third-order valence-electron chi connectivity index (χ3n) is 9.88. The predicted octanol–water partition coefficient (Wildman–Crippen LogP) is 13.4. The van der Waals surface area contributed by atoms with Gasteiger partial charge >= 0.3 is 6.18 Å². The van der Waals surface area contributed by atoms with E-state index in [1.54, 1.807) is 91.3 Å². The number of rotatable bonds is 11. The molecule has 0 aliphatic heterocycles. The van der Waals surface area contributed by atoms with Crippen LogP contribution in [0.2, 0.25) is 10.0 Å². The molecular weight excluding hydrogens is 1080 g/mol. The van der Waals surface area contributed by atoms with E-state index in [1.807, 2.05) is 18.2 Å². The van der Waals surface area contributed by atoms with Gasteiger partial charge in [-0.25, -0.2) is 44.6 Å². The highest BCUT2D eigenvalue weighted by molar-refractivity contribution is 7.93. The lowest BCUT2D eigenvalue weighted by molar-refractivity contribution is -0.140. The van der Waals surface area contributed by atoms with Gasteiger partial charge in [-0.05, 0) is 90.5 Å². The Kier molecular flexibility index (Phi) is 15.3. The topological polar surface area (TPSA) is 168 Å². The largest absolute Gasteiger partial charge is 0.419 e. The summed E-state index contributed by atoms with van der Waals surface area (Å²) in [5.41, 5.74) is -1.53. The minimum Gasteiger partial charge on any atom is -0.270 e. The summed E-state index contributed by atoms with van der Waals surface area (Å²) < 4.78 is 135. The summed E-state index contributed by atoms with van der Waals surface area (Å²) in [5, 5.41) is 3.71. The normalized spacial score (nSPS) is 11.9. The van der Waals surface area contributed by atoms with E-state index >= 15 is 0 Å². The van der Waals surface area contributed by atoms with E-state index < -0.39 is 54.2 Å². The molecule has 2 N–H and O–H groups in total. The maximum Gasteiger partial charge on any atom is 0.419 e. The smallest absolute Gasteiger partial charge is 0.270 e. The number of nitrogens with zero attached hydrogens (tertiary/aromatic N) is 4. The lowest BCUT2D eigenvalue weighted by Crippen LogP contribution is -2.30. The third-order valence-corrected chi connectivity index (χ3v) is 18.9.